The Bertz CT molecular complexity index is 1120. The van der Waals surface area contributed by atoms with Gasteiger partial charge in [0.2, 0.25) is 11.8 Å². The first-order valence-electron chi connectivity index (χ1n) is 9.54. The second-order valence-electron chi connectivity index (χ2n) is 7.07. The van der Waals surface area contributed by atoms with Gasteiger partial charge in [-0.25, -0.2) is 4.99 Å². The van der Waals surface area contributed by atoms with E-state index in [0.29, 0.717) is 23.6 Å². The van der Waals surface area contributed by atoms with E-state index in [0.717, 1.165) is 14.2 Å². The van der Waals surface area contributed by atoms with Crippen LogP contribution in [0.3, 0.4) is 0 Å². The number of halogens is 1. The Hall–Kier alpha value is -2.77. The number of thiophene rings is 1. The highest BCUT2D eigenvalue weighted by Gasteiger charge is 2.27. The summed E-state index contributed by atoms with van der Waals surface area (Å²) >= 11 is 5.00. The molecule has 4 rings (SSSR count). The lowest BCUT2D eigenvalue weighted by Gasteiger charge is -2.21. The van der Waals surface area contributed by atoms with Gasteiger partial charge in [0, 0.05) is 6.54 Å². The van der Waals surface area contributed by atoms with Gasteiger partial charge in [0.15, 0.2) is 0 Å². The van der Waals surface area contributed by atoms with Crippen molar-refractivity contribution in [3.63, 3.8) is 0 Å². The molecule has 0 saturated carbocycles. The van der Waals surface area contributed by atoms with Crippen LogP contribution in [0.1, 0.15) is 22.4 Å². The summed E-state index contributed by atoms with van der Waals surface area (Å²) in [5.74, 6) is -0.352. The normalized spacial score (nSPS) is 13.5. The van der Waals surface area contributed by atoms with Crippen LogP contribution in [0, 0.1) is 6.92 Å². The van der Waals surface area contributed by atoms with Crippen LogP contribution in [-0.4, -0.2) is 24.1 Å². The van der Waals surface area contributed by atoms with E-state index >= 15 is 0 Å². The van der Waals surface area contributed by atoms with Crippen LogP contribution >= 0.6 is 27.3 Å². The van der Waals surface area contributed by atoms with Gasteiger partial charge < -0.3 is 10.2 Å². The van der Waals surface area contributed by atoms with Crippen molar-refractivity contribution in [1.82, 2.24) is 5.32 Å². The molecule has 0 bridgehead atoms. The third kappa shape index (κ3) is 4.68. The molecular weight excluding hydrogens is 462 g/mol. The van der Waals surface area contributed by atoms with Crippen molar-refractivity contribution in [2.45, 2.75) is 19.9 Å². The number of anilines is 1. The van der Waals surface area contributed by atoms with E-state index in [1.54, 1.807) is 0 Å². The second kappa shape index (κ2) is 8.93. The smallest absolute Gasteiger partial charge is 0.240 e. The molecule has 2 amide bonds. The minimum atomic E-state index is -0.207. The van der Waals surface area contributed by atoms with Crippen molar-refractivity contribution in [2.75, 3.05) is 11.4 Å². The summed E-state index contributed by atoms with van der Waals surface area (Å²) in [5.41, 5.74) is 4.24. The van der Waals surface area contributed by atoms with Crippen molar-refractivity contribution in [1.29, 1.82) is 0 Å². The topological polar surface area (TPSA) is 61.8 Å². The van der Waals surface area contributed by atoms with Crippen molar-refractivity contribution in [3.05, 3.63) is 80.5 Å². The number of hydrogen-bond acceptors (Lipinski definition) is 4. The SMILES string of the molecule is Cc1ccc(CNC(=O)CN2C(=O)CC(c3ccc(Br)s3)=Nc3ccccc32)cc1. The predicted octanol–water partition coefficient (Wildman–Crippen LogP) is 4.99. The number of para-hydroxylation sites is 2. The fraction of sp³-hybridized carbons (Fsp3) is 0.174. The van der Waals surface area contributed by atoms with Crippen LogP contribution < -0.4 is 10.2 Å². The molecule has 30 heavy (non-hydrogen) atoms. The first-order valence-corrected chi connectivity index (χ1v) is 11.2. The molecule has 0 radical (unpaired) electrons. The molecule has 5 nitrogen and oxygen atoms in total. The zero-order valence-electron chi connectivity index (χ0n) is 16.4. The van der Waals surface area contributed by atoms with E-state index in [9.17, 15) is 9.59 Å². The fourth-order valence-electron chi connectivity index (χ4n) is 3.24. The lowest BCUT2D eigenvalue weighted by Crippen LogP contribution is -2.40. The molecule has 0 saturated heterocycles. The summed E-state index contributed by atoms with van der Waals surface area (Å²) < 4.78 is 0.984. The van der Waals surface area contributed by atoms with Gasteiger partial charge in [0.1, 0.15) is 6.54 Å². The van der Waals surface area contributed by atoms with Gasteiger partial charge in [0.25, 0.3) is 0 Å². The molecule has 1 aliphatic heterocycles. The van der Waals surface area contributed by atoms with E-state index in [1.165, 1.54) is 21.8 Å². The summed E-state index contributed by atoms with van der Waals surface area (Å²) in [5, 5.41) is 2.91. The summed E-state index contributed by atoms with van der Waals surface area (Å²) in [6, 6.07) is 19.3. The molecule has 0 aliphatic carbocycles. The molecular formula is C23H20BrN3O2S. The van der Waals surface area contributed by atoms with Crippen LogP contribution in [-0.2, 0) is 16.1 Å². The maximum Gasteiger partial charge on any atom is 0.240 e. The number of rotatable bonds is 5. The maximum atomic E-state index is 13.1. The Morgan fingerprint density at radius 2 is 1.90 bits per heavy atom. The molecule has 2 aromatic carbocycles. The number of amides is 2. The first-order chi connectivity index (χ1) is 14.5. The van der Waals surface area contributed by atoms with Crippen LogP contribution in [0.5, 0.6) is 0 Å². The Kier molecular flexibility index (Phi) is 6.11. The molecule has 3 aromatic rings. The number of hydrogen-bond donors (Lipinski definition) is 1. The van der Waals surface area contributed by atoms with E-state index in [1.807, 2.05) is 67.6 Å². The van der Waals surface area contributed by atoms with Crippen LogP contribution in [0.25, 0.3) is 0 Å². The van der Waals surface area contributed by atoms with Gasteiger partial charge >= 0.3 is 0 Å². The Morgan fingerprint density at radius 3 is 2.63 bits per heavy atom. The molecule has 1 aliphatic rings. The quantitative estimate of drug-likeness (QED) is 0.557. The molecule has 1 N–H and O–H groups in total. The van der Waals surface area contributed by atoms with Crippen molar-refractivity contribution < 1.29 is 9.59 Å². The van der Waals surface area contributed by atoms with Gasteiger partial charge in [-0.05, 0) is 52.7 Å². The number of carbonyl (C=O) groups excluding carboxylic acids is 2. The molecule has 152 valence electrons. The number of carbonyl (C=O) groups is 2. The number of benzene rings is 2. The number of fused-ring (bicyclic) bond motifs is 1. The van der Waals surface area contributed by atoms with Gasteiger partial charge in [-0.2, -0.15) is 0 Å². The van der Waals surface area contributed by atoms with Crippen molar-refractivity contribution in [2.24, 2.45) is 4.99 Å². The maximum absolute atomic E-state index is 13.1. The lowest BCUT2D eigenvalue weighted by atomic mass is 10.1. The Morgan fingerprint density at radius 1 is 1.13 bits per heavy atom. The van der Waals surface area contributed by atoms with E-state index in [4.69, 9.17) is 4.99 Å². The van der Waals surface area contributed by atoms with Gasteiger partial charge in [-0.1, -0.05) is 42.0 Å². The number of aryl methyl sites for hydroxylation is 1. The van der Waals surface area contributed by atoms with Gasteiger partial charge in [-0.15, -0.1) is 11.3 Å². The first kappa shape index (κ1) is 20.5. The highest BCUT2D eigenvalue weighted by atomic mass is 79.9. The molecule has 2 heterocycles. The minimum Gasteiger partial charge on any atom is -0.350 e. The Balaban J connectivity index is 1.52. The van der Waals surface area contributed by atoms with Crippen LogP contribution in [0.15, 0.2) is 69.4 Å². The summed E-state index contributed by atoms with van der Waals surface area (Å²) in [4.78, 5) is 32.9. The second-order valence-corrected chi connectivity index (χ2v) is 9.53. The standard InChI is InChI=1S/C23H20BrN3O2S/c1-15-6-8-16(9-7-15)13-25-22(28)14-27-19-5-3-2-4-17(19)26-18(12-23(27)29)20-10-11-21(24)30-20/h2-11H,12-14H2,1H3,(H,25,28). The van der Waals surface area contributed by atoms with E-state index < -0.39 is 0 Å². The van der Waals surface area contributed by atoms with Gasteiger partial charge in [-0.3, -0.25) is 9.59 Å². The lowest BCUT2D eigenvalue weighted by molar-refractivity contribution is -0.123. The Labute approximate surface area is 187 Å². The molecule has 0 spiro atoms. The molecule has 1 aromatic heterocycles. The average molecular weight is 482 g/mol. The summed E-state index contributed by atoms with van der Waals surface area (Å²) in [7, 11) is 0. The van der Waals surface area contributed by atoms with Crippen molar-refractivity contribution in [3.8, 4) is 0 Å². The third-order valence-corrected chi connectivity index (χ3v) is 6.49. The third-order valence-electron chi connectivity index (χ3n) is 4.82. The highest BCUT2D eigenvalue weighted by Crippen LogP contribution is 2.34. The minimum absolute atomic E-state index is 0.0430. The molecule has 0 atom stereocenters. The van der Waals surface area contributed by atoms with Gasteiger partial charge in [0.05, 0.1) is 32.2 Å². The molecule has 7 heteroatoms. The average Bonchev–Trinajstić information content (AvgIpc) is 3.12. The van der Waals surface area contributed by atoms with E-state index in [2.05, 4.69) is 21.2 Å². The number of aliphatic imine (C=N–C) groups is 1. The summed E-state index contributed by atoms with van der Waals surface area (Å²) in [6.45, 7) is 2.41. The van der Waals surface area contributed by atoms with Crippen LogP contribution in [0.4, 0.5) is 11.4 Å². The number of nitrogens with zero attached hydrogens (tertiary/aromatic N) is 2. The zero-order valence-corrected chi connectivity index (χ0v) is 18.8. The number of nitrogens with one attached hydrogen (secondary N) is 1. The van der Waals surface area contributed by atoms with Crippen molar-refractivity contribution >= 4 is 56.2 Å². The monoisotopic (exact) mass is 481 g/mol. The fourth-order valence-corrected chi connectivity index (χ4v) is 4.61. The molecule has 0 fully saturated rings. The van der Waals surface area contributed by atoms with Crippen LogP contribution in [0.2, 0.25) is 0 Å². The zero-order chi connectivity index (χ0) is 21.1. The molecule has 0 unspecified atom stereocenters. The predicted molar refractivity (Wildman–Crippen MR) is 125 cm³/mol. The highest BCUT2D eigenvalue weighted by molar-refractivity contribution is 9.11. The largest absolute Gasteiger partial charge is 0.350 e. The van der Waals surface area contributed by atoms with E-state index in [-0.39, 0.29) is 24.8 Å². The summed E-state index contributed by atoms with van der Waals surface area (Å²) in [6.07, 6.45) is 0.146.